The van der Waals surface area contributed by atoms with E-state index in [-0.39, 0.29) is 64.0 Å². The highest BCUT2D eigenvalue weighted by molar-refractivity contribution is 6.09. The van der Waals surface area contributed by atoms with E-state index in [2.05, 4.69) is 5.32 Å². The number of carbonyl (C=O) groups excluding carboxylic acids is 5. The van der Waals surface area contributed by atoms with Crippen molar-refractivity contribution < 1.29 is 82.4 Å². The van der Waals surface area contributed by atoms with Crippen molar-refractivity contribution >= 4 is 35.6 Å². The van der Waals surface area contributed by atoms with E-state index in [1.807, 2.05) is 34.6 Å². The topological polar surface area (TPSA) is 260 Å². The molecule has 1 spiro atoms. The Bertz CT molecular complexity index is 1470. The van der Waals surface area contributed by atoms with Gasteiger partial charge in [-0.25, -0.2) is 0 Å². The van der Waals surface area contributed by atoms with Gasteiger partial charge in [0.05, 0.1) is 44.7 Å². The molecule has 5 N–H and O–H groups in total. The maximum Gasteiger partial charge on any atom is 0.326 e. The highest BCUT2D eigenvalue weighted by Crippen LogP contribution is 2.65. The van der Waals surface area contributed by atoms with Gasteiger partial charge in [-0.05, 0) is 39.5 Å². The summed E-state index contributed by atoms with van der Waals surface area (Å²) in [7, 11) is 2.77. The number of esters is 3. The Hall–Kier alpha value is -3.78. The first kappa shape index (κ1) is 49.4. The predicted octanol–water partition coefficient (Wildman–Crippen LogP) is 1.65. The van der Waals surface area contributed by atoms with Crippen molar-refractivity contribution in [2.45, 2.75) is 129 Å². The molecule has 0 aliphatic heterocycles. The number of Topliss-reactive ketones (excluding diaryl/α,β-unsaturated/α-hetero) is 1. The molecule has 1 fully saturated rings. The average Bonchev–Trinajstić information content (AvgIpc) is 3.96. The van der Waals surface area contributed by atoms with Gasteiger partial charge in [0, 0.05) is 42.6 Å². The van der Waals surface area contributed by atoms with Crippen LogP contribution in [-0.4, -0.2) is 140 Å². The van der Waals surface area contributed by atoms with Gasteiger partial charge in [-0.3, -0.25) is 28.8 Å². The number of fused-ring (bicyclic) bond motifs is 1. The molecule has 1 saturated carbocycles. The fourth-order valence-electron chi connectivity index (χ4n) is 6.54. The quantitative estimate of drug-likeness (QED) is 0.0558. The number of ketones is 1. The minimum Gasteiger partial charge on any atom is -0.481 e. The van der Waals surface area contributed by atoms with E-state index in [0.717, 1.165) is 5.57 Å². The maximum absolute atomic E-state index is 13.2. The fourth-order valence-corrected chi connectivity index (χ4v) is 6.54. The van der Waals surface area contributed by atoms with E-state index >= 15 is 0 Å². The van der Waals surface area contributed by atoms with Crippen molar-refractivity contribution in [3.05, 3.63) is 22.8 Å². The fraction of sp³-hybridized carbons (Fsp3) is 0.744. The summed E-state index contributed by atoms with van der Waals surface area (Å²) in [4.78, 5) is 71.5. The van der Waals surface area contributed by atoms with E-state index in [0.29, 0.717) is 36.8 Å². The summed E-state index contributed by atoms with van der Waals surface area (Å²) in [6.07, 6.45) is 0.253. The van der Waals surface area contributed by atoms with Gasteiger partial charge in [-0.1, -0.05) is 39.3 Å². The van der Waals surface area contributed by atoms with Gasteiger partial charge in [-0.15, -0.1) is 0 Å². The minimum atomic E-state index is -1.49. The van der Waals surface area contributed by atoms with E-state index < -0.39 is 77.5 Å². The number of aliphatic hydroxyl groups is 3. The van der Waals surface area contributed by atoms with E-state index in [1.54, 1.807) is 13.0 Å². The third-order valence-electron chi connectivity index (χ3n) is 10.3. The Morgan fingerprint density at radius 3 is 1.74 bits per heavy atom. The predicted molar refractivity (Wildman–Crippen MR) is 199 cm³/mol. The number of hydrogen-bond donors (Lipinski definition) is 5. The molecule has 0 bridgehead atoms. The molecular weight excluding hydrogens is 754 g/mol. The molecule has 3 aliphatic rings. The molecule has 0 aromatic rings. The first-order chi connectivity index (χ1) is 26.8. The largest absolute Gasteiger partial charge is 0.481 e. The average molecular weight is 816 g/mol. The summed E-state index contributed by atoms with van der Waals surface area (Å²) in [5, 5.41) is 40.0. The van der Waals surface area contributed by atoms with E-state index in [9.17, 15) is 39.0 Å². The summed E-state index contributed by atoms with van der Waals surface area (Å²) in [6, 6.07) is 0. The Kier molecular flexibility index (Phi) is 19.4. The van der Waals surface area contributed by atoms with Crippen molar-refractivity contribution in [2.75, 3.05) is 47.2 Å². The Labute approximate surface area is 333 Å². The zero-order valence-electron chi connectivity index (χ0n) is 34.3. The SMILES string of the molecule is CCC(CO)OC(COC(=O)CCC(=O)NCC(=O)O[C@@H]1C2=C(C)C3(CC3)[C@@](C)(O)C(=O)C2=CC1(C)C)OC.CCC(CO)OC(COC(=O)CCC(=O)O)OC. The number of ether oxygens (including phenoxy) is 7. The zero-order valence-corrected chi connectivity index (χ0v) is 34.3. The molecule has 1 amide bonds. The molecule has 57 heavy (non-hydrogen) atoms. The van der Waals surface area contributed by atoms with Gasteiger partial charge < -0.3 is 58.9 Å². The number of nitrogens with one attached hydrogen (secondary N) is 1. The van der Waals surface area contributed by atoms with Crippen molar-refractivity contribution in [3.8, 4) is 0 Å². The zero-order chi connectivity index (χ0) is 43.1. The van der Waals surface area contributed by atoms with Crippen LogP contribution in [0.25, 0.3) is 0 Å². The van der Waals surface area contributed by atoms with E-state index in [1.165, 1.54) is 14.2 Å². The normalized spacial score (nSPS) is 22.2. The van der Waals surface area contributed by atoms with Gasteiger partial charge >= 0.3 is 23.9 Å². The third-order valence-corrected chi connectivity index (χ3v) is 10.3. The molecular formula is C39H61NO17. The molecule has 0 heterocycles. The first-order valence-electron chi connectivity index (χ1n) is 19.1. The standard InChI is InChI=1S/C28H41NO10.C11H20O7/c1-7-17(14-30)38-22(36-6)15-37-20(32)9-8-19(31)29-13-21(33)39-25-23-16(2)28(10-11-28)27(5,35)24(34)18(23)12-26(25,3)4;1-3-8(6-12)18-11(16-2)7-17-10(15)5-4-9(13)14/h12,17,22,25,30,35H,7-11,13-15H2,1-6H3,(H,29,31);8,11-12H,3-7H2,1-2H3,(H,13,14)/t17?,22?,25-,27+;/m1./s1. The van der Waals surface area contributed by atoms with Crippen molar-refractivity contribution in [1.29, 1.82) is 0 Å². The molecule has 3 aliphatic carbocycles. The summed E-state index contributed by atoms with van der Waals surface area (Å²) < 4.78 is 36.4. The molecule has 0 aromatic heterocycles. The Morgan fingerprint density at radius 2 is 1.32 bits per heavy atom. The second-order valence-electron chi connectivity index (χ2n) is 14.8. The summed E-state index contributed by atoms with van der Waals surface area (Å²) in [6.45, 7) is 9.75. The highest BCUT2D eigenvalue weighted by Gasteiger charge is 2.66. The van der Waals surface area contributed by atoms with Crippen LogP contribution in [0.3, 0.4) is 0 Å². The van der Waals surface area contributed by atoms with Crippen LogP contribution >= 0.6 is 0 Å². The monoisotopic (exact) mass is 815 g/mol. The van der Waals surface area contributed by atoms with Crippen LogP contribution in [0.15, 0.2) is 22.8 Å². The number of amides is 1. The number of carbonyl (C=O) groups is 6. The number of carboxylic acids is 1. The minimum absolute atomic E-state index is 0.133. The molecule has 18 nitrogen and oxygen atoms in total. The highest BCUT2D eigenvalue weighted by atomic mass is 16.7. The molecule has 18 heteroatoms. The summed E-state index contributed by atoms with van der Waals surface area (Å²) in [5.74, 6) is -3.89. The lowest BCUT2D eigenvalue weighted by molar-refractivity contribution is -0.195. The number of aliphatic carboxylic acids is 1. The van der Waals surface area contributed by atoms with Crippen LogP contribution < -0.4 is 5.32 Å². The second kappa shape index (κ2) is 22.4. The van der Waals surface area contributed by atoms with Crippen molar-refractivity contribution in [1.82, 2.24) is 5.32 Å². The third kappa shape index (κ3) is 13.7. The lowest BCUT2D eigenvalue weighted by Gasteiger charge is -2.40. The first-order valence-corrected chi connectivity index (χ1v) is 19.1. The van der Waals surface area contributed by atoms with Crippen LogP contribution in [0.2, 0.25) is 0 Å². The Balaban J connectivity index is 0.000000525. The number of carboxylic acid groups (broad SMARTS) is 1. The van der Waals surface area contributed by atoms with Crippen LogP contribution in [0, 0.1) is 10.8 Å². The number of hydrogen-bond acceptors (Lipinski definition) is 16. The molecule has 4 unspecified atom stereocenters. The molecule has 324 valence electrons. The lowest BCUT2D eigenvalue weighted by atomic mass is 9.67. The molecule has 3 rings (SSSR count). The number of aliphatic hydroxyl groups excluding tert-OH is 2. The molecule has 0 radical (unpaired) electrons. The van der Waals surface area contributed by atoms with Crippen molar-refractivity contribution in [2.24, 2.45) is 10.8 Å². The van der Waals surface area contributed by atoms with Gasteiger partial charge in [0.15, 0.2) is 18.4 Å². The van der Waals surface area contributed by atoms with Crippen LogP contribution in [0.5, 0.6) is 0 Å². The van der Waals surface area contributed by atoms with Gasteiger partial charge in [0.2, 0.25) is 5.91 Å². The smallest absolute Gasteiger partial charge is 0.326 e. The van der Waals surface area contributed by atoms with E-state index in [4.69, 9.17) is 43.4 Å². The summed E-state index contributed by atoms with van der Waals surface area (Å²) >= 11 is 0. The van der Waals surface area contributed by atoms with Crippen molar-refractivity contribution in [3.63, 3.8) is 0 Å². The van der Waals surface area contributed by atoms with Crippen LogP contribution in [0.1, 0.15) is 92.9 Å². The van der Waals surface area contributed by atoms with Crippen LogP contribution in [0.4, 0.5) is 0 Å². The second-order valence-corrected chi connectivity index (χ2v) is 14.8. The van der Waals surface area contributed by atoms with Crippen LogP contribution in [-0.2, 0) is 61.9 Å². The van der Waals surface area contributed by atoms with Gasteiger partial charge in [0.25, 0.3) is 0 Å². The number of methoxy groups -OCH3 is 2. The number of rotatable bonds is 23. The van der Waals surface area contributed by atoms with Gasteiger partial charge in [-0.2, -0.15) is 0 Å². The summed E-state index contributed by atoms with van der Waals surface area (Å²) in [5.41, 5.74) is -0.893. The maximum atomic E-state index is 13.2. The van der Waals surface area contributed by atoms with Gasteiger partial charge in [0.1, 0.15) is 31.5 Å². The molecule has 0 aromatic carbocycles. The lowest BCUT2D eigenvalue weighted by Crippen LogP contribution is -2.50. The Morgan fingerprint density at radius 1 is 0.825 bits per heavy atom. The molecule has 0 saturated heterocycles. The molecule has 6 atom stereocenters.